The number of hydrogen-bond donors (Lipinski definition) is 2. The second kappa shape index (κ2) is 7.22. The topological polar surface area (TPSA) is 59.1 Å². The van der Waals surface area contributed by atoms with Gasteiger partial charge in [-0.2, -0.15) is 0 Å². The van der Waals surface area contributed by atoms with Crippen LogP contribution in [0.15, 0.2) is 28.0 Å². The molecule has 1 unspecified atom stereocenters. The molecule has 1 fully saturated rings. The second-order valence-electron chi connectivity index (χ2n) is 4.42. The summed E-state index contributed by atoms with van der Waals surface area (Å²) in [5.41, 5.74) is 6.64. The standard InChI is InChI=1S/C14H20N2OS2/c1-2-18-11-6-3-7-12(13(11)14(15)16)19-9-10-5-4-8-17-10/h3,6-7,10H,2,4-5,8-9H2,1H3,(H3,15,16). The largest absolute Gasteiger partial charge is 0.384 e. The molecule has 1 aliphatic heterocycles. The van der Waals surface area contributed by atoms with E-state index in [1.54, 1.807) is 23.5 Å². The van der Waals surface area contributed by atoms with Crippen LogP contribution in [0.1, 0.15) is 25.3 Å². The lowest BCUT2D eigenvalue weighted by Gasteiger charge is -2.14. The highest BCUT2D eigenvalue weighted by Crippen LogP contribution is 2.32. The number of benzene rings is 1. The molecule has 0 spiro atoms. The van der Waals surface area contributed by atoms with Crippen LogP contribution in [-0.2, 0) is 4.74 Å². The average molecular weight is 296 g/mol. The third-order valence-corrected chi connectivity index (χ3v) is 5.14. The maximum atomic E-state index is 7.80. The molecule has 1 atom stereocenters. The van der Waals surface area contributed by atoms with Gasteiger partial charge in [-0.3, -0.25) is 5.41 Å². The molecule has 0 aliphatic carbocycles. The van der Waals surface area contributed by atoms with Crippen LogP contribution in [0.2, 0.25) is 0 Å². The maximum Gasteiger partial charge on any atom is 0.125 e. The molecule has 3 nitrogen and oxygen atoms in total. The van der Waals surface area contributed by atoms with E-state index in [0.29, 0.717) is 6.10 Å². The molecular weight excluding hydrogens is 276 g/mol. The minimum Gasteiger partial charge on any atom is -0.384 e. The van der Waals surface area contributed by atoms with Crippen LogP contribution in [0.4, 0.5) is 0 Å². The first kappa shape index (κ1) is 14.8. The van der Waals surface area contributed by atoms with Crippen molar-refractivity contribution in [2.24, 2.45) is 5.73 Å². The lowest BCUT2D eigenvalue weighted by molar-refractivity contribution is 0.129. The first-order valence-corrected chi connectivity index (χ1v) is 8.54. The molecule has 104 valence electrons. The van der Waals surface area contributed by atoms with Crippen molar-refractivity contribution in [1.29, 1.82) is 5.41 Å². The van der Waals surface area contributed by atoms with Gasteiger partial charge in [-0.25, -0.2) is 0 Å². The Kier molecular flexibility index (Phi) is 5.60. The number of nitrogen functional groups attached to an aromatic ring is 1. The number of rotatable bonds is 6. The first-order valence-electron chi connectivity index (χ1n) is 6.57. The normalized spacial score (nSPS) is 18.7. The lowest BCUT2D eigenvalue weighted by Crippen LogP contribution is -2.15. The van der Waals surface area contributed by atoms with E-state index in [-0.39, 0.29) is 5.84 Å². The summed E-state index contributed by atoms with van der Waals surface area (Å²) in [5.74, 6) is 2.09. The maximum absolute atomic E-state index is 7.80. The Morgan fingerprint density at radius 1 is 1.42 bits per heavy atom. The zero-order valence-corrected chi connectivity index (χ0v) is 12.8. The van der Waals surface area contributed by atoms with E-state index in [0.717, 1.165) is 46.3 Å². The summed E-state index contributed by atoms with van der Waals surface area (Å²) in [7, 11) is 0. The fraction of sp³-hybridized carbons (Fsp3) is 0.500. The average Bonchev–Trinajstić information content (AvgIpc) is 2.89. The highest BCUT2D eigenvalue weighted by molar-refractivity contribution is 8.00. The monoisotopic (exact) mass is 296 g/mol. The Labute approximate surface area is 123 Å². The van der Waals surface area contributed by atoms with Gasteiger partial charge < -0.3 is 10.5 Å². The van der Waals surface area contributed by atoms with Crippen LogP contribution in [-0.4, -0.2) is 30.1 Å². The zero-order valence-electron chi connectivity index (χ0n) is 11.1. The number of hydrogen-bond acceptors (Lipinski definition) is 4. The molecule has 0 bridgehead atoms. The predicted molar refractivity (Wildman–Crippen MR) is 83.6 cm³/mol. The van der Waals surface area contributed by atoms with Gasteiger partial charge in [-0.15, -0.1) is 23.5 Å². The van der Waals surface area contributed by atoms with Gasteiger partial charge in [0.1, 0.15) is 5.84 Å². The highest BCUT2D eigenvalue weighted by Gasteiger charge is 2.18. The van der Waals surface area contributed by atoms with E-state index in [2.05, 4.69) is 13.0 Å². The molecule has 1 heterocycles. The van der Waals surface area contributed by atoms with E-state index >= 15 is 0 Å². The van der Waals surface area contributed by atoms with Crippen molar-refractivity contribution in [3.05, 3.63) is 23.8 Å². The van der Waals surface area contributed by atoms with Crippen LogP contribution >= 0.6 is 23.5 Å². The lowest BCUT2D eigenvalue weighted by atomic mass is 10.2. The molecule has 1 aromatic rings. The molecule has 19 heavy (non-hydrogen) atoms. The molecule has 0 amide bonds. The molecule has 3 N–H and O–H groups in total. The van der Waals surface area contributed by atoms with E-state index in [4.69, 9.17) is 15.9 Å². The Morgan fingerprint density at radius 3 is 2.74 bits per heavy atom. The number of amidine groups is 1. The Morgan fingerprint density at radius 2 is 2.16 bits per heavy atom. The molecule has 5 heteroatoms. The summed E-state index contributed by atoms with van der Waals surface area (Å²) >= 11 is 3.49. The molecule has 1 aliphatic rings. The van der Waals surface area contributed by atoms with Crippen molar-refractivity contribution in [3.8, 4) is 0 Å². The van der Waals surface area contributed by atoms with Crippen molar-refractivity contribution in [2.75, 3.05) is 18.1 Å². The van der Waals surface area contributed by atoms with Crippen molar-refractivity contribution < 1.29 is 4.74 Å². The fourth-order valence-corrected chi connectivity index (χ4v) is 4.21. The Bertz CT molecular complexity index is 445. The molecule has 1 aromatic carbocycles. The van der Waals surface area contributed by atoms with Gasteiger partial charge >= 0.3 is 0 Å². The van der Waals surface area contributed by atoms with Crippen LogP contribution in [0, 0.1) is 5.41 Å². The third-order valence-electron chi connectivity index (χ3n) is 3.01. The van der Waals surface area contributed by atoms with Gasteiger partial charge in [0.25, 0.3) is 0 Å². The number of thioether (sulfide) groups is 2. The van der Waals surface area contributed by atoms with Crippen LogP contribution in [0.5, 0.6) is 0 Å². The van der Waals surface area contributed by atoms with Crippen LogP contribution in [0.25, 0.3) is 0 Å². The van der Waals surface area contributed by atoms with E-state index in [9.17, 15) is 0 Å². The molecule has 0 aromatic heterocycles. The highest BCUT2D eigenvalue weighted by atomic mass is 32.2. The number of nitrogens with two attached hydrogens (primary N) is 1. The van der Waals surface area contributed by atoms with Crippen molar-refractivity contribution in [2.45, 2.75) is 35.7 Å². The van der Waals surface area contributed by atoms with Crippen LogP contribution < -0.4 is 5.73 Å². The molecule has 0 radical (unpaired) electrons. The van der Waals surface area contributed by atoms with E-state index in [1.165, 1.54) is 0 Å². The van der Waals surface area contributed by atoms with Crippen molar-refractivity contribution in [1.82, 2.24) is 0 Å². The molecule has 0 saturated carbocycles. The Hall–Kier alpha value is -0.650. The van der Waals surface area contributed by atoms with Gasteiger partial charge in [0.15, 0.2) is 0 Å². The quantitative estimate of drug-likeness (QED) is 0.480. The summed E-state index contributed by atoms with van der Waals surface area (Å²) in [6.45, 7) is 3.00. The molecular formula is C14H20N2OS2. The number of ether oxygens (including phenoxy) is 1. The first-order chi connectivity index (χ1) is 9.22. The summed E-state index contributed by atoms with van der Waals surface area (Å²) in [5, 5.41) is 7.80. The molecule has 2 rings (SSSR count). The van der Waals surface area contributed by atoms with Gasteiger partial charge in [-0.1, -0.05) is 13.0 Å². The van der Waals surface area contributed by atoms with Gasteiger partial charge in [-0.05, 0) is 30.7 Å². The summed E-state index contributed by atoms with van der Waals surface area (Å²) in [4.78, 5) is 2.20. The summed E-state index contributed by atoms with van der Waals surface area (Å²) in [6.07, 6.45) is 2.66. The minimum absolute atomic E-state index is 0.159. The predicted octanol–water partition coefficient (Wildman–Crippen LogP) is 3.35. The van der Waals surface area contributed by atoms with Crippen molar-refractivity contribution >= 4 is 29.4 Å². The van der Waals surface area contributed by atoms with Gasteiger partial charge in [0.2, 0.25) is 0 Å². The SMILES string of the molecule is CCSc1cccc(SCC2CCCO2)c1C(=N)N. The van der Waals surface area contributed by atoms with Gasteiger partial charge in [0.05, 0.1) is 6.10 Å². The number of nitrogens with one attached hydrogen (secondary N) is 1. The molecule has 1 saturated heterocycles. The third kappa shape index (κ3) is 3.91. The summed E-state index contributed by atoms with van der Waals surface area (Å²) in [6, 6.07) is 6.14. The van der Waals surface area contributed by atoms with Gasteiger partial charge in [0, 0.05) is 27.7 Å². The van der Waals surface area contributed by atoms with E-state index in [1.807, 2.05) is 12.1 Å². The van der Waals surface area contributed by atoms with Crippen LogP contribution in [0.3, 0.4) is 0 Å². The van der Waals surface area contributed by atoms with E-state index < -0.39 is 0 Å². The van der Waals surface area contributed by atoms with Crippen molar-refractivity contribution in [3.63, 3.8) is 0 Å². The Balaban J connectivity index is 2.13. The smallest absolute Gasteiger partial charge is 0.125 e. The minimum atomic E-state index is 0.159. The second-order valence-corrected chi connectivity index (χ2v) is 6.79. The fourth-order valence-electron chi connectivity index (χ4n) is 2.13. The zero-order chi connectivity index (χ0) is 13.7. The summed E-state index contributed by atoms with van der Waals surface area (Å²) < 4.78 is 5.64.